The van der Waals surface area contributed by atoms with E-state index in [9.17, 15) is 5.11 Å². The van der Waals surface area contributed by atoms with Gasteiger partial charge in [-0.15, -0.1) is 0 Å². The first-order chi connectivity index (χ1) is 8.79. The van der Waals surface area contributed by atoms with Crippen molar-refractivity contribution in [3.05, 3.63) is 18.2 Å². The van der Waals surface area contributed by atoms with Crippen LogP contribution in [0.1, 0.15) is 38.4 Å². The monoisotopic (exact) mass is 268 g/mol. The molecule has 0 aliphatic carbocycles. The van der Waals surface area contributed by atoms with Gasteiger partial charge in [0, 0.05) is 25.4 Å². The van der Waals surface area contributed by atoms with Crippen LogP contribution in [0.5, 0.6) is 0 Å². The molecule has 1 aliphatic rings. The predicted molar refractivity (Wildman–Crippen MR) is 76.9 cm³/mol. The Morgan fingerprint density at radius 3 is 3.00 bits per heavy atom. The lowest BCUT2D eigenvalue weighted by Crippen LogP contribution is -2.21. The van der Waals surface area contributed by atoms with Gasteiger partial charge in [0.1, 0.15) is 5.82 Å². The van der Waals surface area contributed by atoms with Crippen molar-refractivity contribution in [3.63, 3.8) is 0 Å². The number of nitrogens with zero attached hydrogens (tertiary/aromatic N) is 2. The molecule has 1 aliphatic heterocycles. The summed E-state index contributed by atoms with van der Waals surface area (Å²) in [5, 5.41) is 10.2. The summed E-state index contributed by atoms with van der Waals surface area (Å²) in [5.41, 5.74) is 0. The molecule has 0 bridgehead atoms. The second kappa shape index (κ2) is 7.19. The predicted octanol–water partition coefficient (Wildman–Crippen LogP) is 2.73. The Hall–Kier alpha value is -0.480. The fourth-order valence-corrected chi connectivity index (χ4v) is 3.84. The van der Waals surface area contributed by atoms with Crippen LogP contribution in [0.15, 0.2) is 12.4 Å². The summed E-state index contributed by atoms with van der Waals surface area (Å²) < 4.78 is 2.17. The summed E-state index contributed by atoms with van der Waals surface area (Å²) in [7, 11) is 0. The molecule has 4 heteroatoms. The SMILES string of the molecule is CCCn1ccnc1CC(O)CC1CCSCC1. The van der Waals surface area contributed by atoms with E-state index in [1.54, 1.807) is 0 Å². The molecule has 0 radical (unpaired) electrons. The molecule has 1 atom stereocenters. The van der Waals surface area contributed by atoms with E-state index in [2.05, 4.69) is 16.5 Å². The standard InChI is InChI=1S/C14H24N2OS/c1-2-6-16-7-5-15-14(16)11-13(17)10-12-3-8-18-9-4-12/h5,7,12-13,17H,2-4,6,8-11H2,1H3. The van der Waals surface area contributed by atoms with Crippen LogP contribution in [-0.2, 0) is 13.0 Å². The van der Waals surface area contributed by atoms with Crippen LogP contribution in [0.25, 0.3) is 0 Å². The summed E-state index contributed by atoms with van der Waals surface area (Å²) in [4.78, 5) is 4.37. The lowest BCUT2D eigenvalue weighted by atomic mass is 9.94. The second-order valence-corrected chi connectivity index (χ2v) is 6.41. The van der Waals surface area contributed by atoms with E-state index in [0.717, 1.165) is 31.1 Å². The molecule has 1 unspecified atom stereocenters. The molecule has 2 heterocycles. The highest BCUT2D eigenvalue weighted by molar-refractivity contribution is 7.99. The van der Waals surface area contributed by atoms with Crippen molar-refractivity contribution in [1.29, 1.82) is 0 Å². The summed E-state index contributed by atoms with van der Waals surface area (Å²) in [6, 6.07) is 0. The van der Waals surface area contributed by atoms with Gasteiger partial charge in [-0.2, -0.15) is 11.8 Å². The van der Waals surface area contributed by atoms with Gasteiger partial charge in [-0.25, -0.2) is 4.98 Å². The molecule has 0 aromatic carbocycles. The molecule has 1 aromatic rings. The third kappa shape index (κ3) is 4.02. The van der Waals surface area contributed by atoms with Crippen molar-refractivity contribution in [1.82, 2.24) is 9.55 Å². The quantitative estimate of drug-likeness (QED) is 0.862. The minimum Gasteiger partial charge on any atom is -0.393 e. The molecular formula is C14H24N2OS. The van der Waals surface area contributed by atoms with Gasteiger partial charge in [0.05, 0.1) is 6.10 Å². The average molecular weight is 268 g/mol. The van der Waals surface area contributed by atoms with Gasteiger partial charge in [0.2, 0.25) is 0 Å². The van der Waals surface area contributed by atoms with E-state index >= 15 is 0 Å². The van der Waals surface area contributed by atoms with Gasteiger partial charge in [-0.1, -0.05) is 6.92 Å². The first-order valence-corrected chi connectivity index (χ1v) is 8.21. The number of aliphatic hydroxyl groups excluding tert-OH is 1. The minimum atomic E-state index is -0.226. The molecule has 1 saturated heterocycles. The Bertz CT molecular complexity index is 347. The zero-order chi connectivity index (χ0) is 12.8. The van der Waals surface area contributed by atoms with Crippen LogP contribution in [-0.4, -0.2) is 32.3 Å². The van der Waals surface area contributed by atoms with E-state index in [-0.39, 0.29) is 6.10 Å². The van der Waals surface area contributed by atoms with Crippen molar-refractivity contribution in [2.24, 2.45) is 5.92 Å². The number of rotatable bonds is 6. The van der Waals surface area contributed by atoms with Gasteiger partial charge >= 0.3 is 0 Å². The number of hydrogen-bond acceptors (Lipinski definition) is 3. The molecule has 1 N–H and O–H groups in total. The molecular weight excluding hydrogens is 244 g/mol. The van der Waals surface area contributed by atoms with Crippen molar-refractivity contribution in [2.75, 3.05) is 11.5 Å². The lowest BCUT2D eigenvalue weighted by Gasteiger charge is -2.23. The number of aromatic nitrogens is 2. The molecule has 0 saturated carbocycles. The van der Waals surface area contributed by atoms with Crippen molar-refractivity contribution < 1.29 is 5.11 Å². The van der Waals surface area contributed by atoms with Crippen LogP contribution in [0.3, 0.4) is 0 Å². The first kappa shape index (κ1) is 13.9. The molecule has 1 aromatic heterocycles. The molecule has 1 fully saturated rings. The largest absolute Gasteiger partial charge is 0.393 e. The van der Waals surface area contributed by atoms with E-state index in [1.165, 1.54) is 24.3 Å². The average Bonchev–Trinajstić information content (AvgIpc) is 2.78. The summed E-state index contributed by atoms with van der Waals surface area (Å²) in [6.07, 6.45) is 8.93. The zero-order valence-corrected chi connectivity index (χ0v) is 12.0. The number of thioether (sulfide) groups is 1. The lowest BCUT2D eigenvalue weighted by molar-refractivity contribution is 0.136. The van der Waals surface area contributed by atoms with Crippen molar-refractivity contribution in [3.8, 4) is 0 Å². The van der Waals surface area contributed by atoms with E-state index in [0.29, 0.717) is 6.42 Å². The topological polar surface area (TPSA) is 38.0 Å². The van der Waals surface area contributed by atoms with E-state index in [1.807, 2.05) is 24.2 Å². The third-order valence-corrected chi connectivity index (χ3v) is 4.68. The number of imidazole rings is 1. The molecule has 0 spiro atoms. The summed E-state index contributed by atoms with van der Waals surface area (Å²) in [6.45, 7) is 3.17. The minimum absolute atomic E-state index is 0.226. The Morgan fingerprint density at radius 1 is 1.50 bits per heavy atom. The molecule has 0 amide bonds. The highest BCUT2D eigenvalue weighted by atomic mass is 32.2. The highest BCUT2D eigenvalue weighted by Gasteiger charge is 2.19. The van der Waals surface area contributed by atoms with Crippen molar-refractivity contribution in [2.45, 2.75) is 51.7 Å². The molecule has 18 heavy (non-hydrogen) atoms. The smallest absolute Gasteiger partial charge is 0.111 e. The Labute approximate surface area is 114 Å². The summed E-state index contributed by atoms with van der Waals surface area (Å²) in [5.74, 6) is 4.29. The first-order valence-electron chi connectivity index (χ1n) is 7.05. The number of aryl methyl sites for hydroxylation is 1. The van der Waals surface area contributed by atoms with E-state index in [4.69, 9.17) is 0 Å². The van der Waals surface area contributed by atoms with Crippen LogP contribution in [0, 0.1) is 5.92 Å². The van der Waals surface area contributed by atoms with Gasteiger partial charge in [0.15, 0.2) is 0 Å². The molecule has 102 valence electrons. The molecule has 3 nitrogen and oxygen atoms in total. The maximum absolute atomic E-state index is 10.2. The second-order valence-electron chi connectivity index (χ2n) is 5.19. The van der Waals surface area contributed by atoms with Gasteiger partial charge in [-0.3, -0.25) is 0 Å². The Balaban J connectivity index is 1.82. The van der Waals surface area contributed by atoms with Crippen LogP contribution in [0.4, 0.5) is 0 Å². The van der Waals surface area contributed by atoms with Gasteiger partial charge < -0.3 is 9.67 Å². The fourth-order valence-electron chi connectivity index (χ4n) is 2.64. The van der Waals surface area contributed by atoms with Crippen molar-refractivity contribution >= 4 is 11.8 Å². The number of aliphatic hydroxyl groups is 1. The number of hydrogen-bond donors (Lipinski definition) is 1. The van der Waals surface area contributed by atoms with Gasteiger partial charge in [-0.05, 0) is 43.1 Å². The highest BCUT2D eigenvalue weighted by Crippen LogP contribution is 2.26. The zero-order valence-electron chi connectivity index (χ0n) is 11.2. The third-order valence-electron chi connectivity index (χ3n) is 3.63. The maximum Gasteiger partial charge on any atom is 0.111 e. The summed E-state index contributed by atoms with van der Waals surface area (Å²) >= 11 is 2.04. The van der Waals surface area contributed by atoms with Crippen LogP contribution < -0.4 is 0 Å². The van der Waals surface area contributed by atoms with Crippen LogP contribution >= 0.6 is 11.8 Å². The maximum atomic E-state index is 10.2. The Kier molecular flexibility index (Phi) is 5.57. The van der Waals surface area contributed by atoms with Crippen LogP contribution in [0.2, 0.25) is 0 Å². The fraction of sp³-hybridized carbons (Fsp3) is 0.786. The Morgan fingerprint density at radius 2 is 2.28 bits per heavy atom. The van der Waals surface area contributed by atoms with Gasteiger partial charge in [0.25, 0.3) is 0 Å². The normalized spacial score (nSPS) is 19.0. The molecule has 2 rings (SSSR count). The van der Waals surface area contributed by atoms with E-state index < -0.39 is 0 Å².